The van der Waals surface area contributed by atoms with Crippen LogP contribution in [0, 0.1) is 5.92 Å². The molecule has 0 saturated carbocycles. The third kappa shape index (κ3) is 1.19. The van der Waals surface area contributed by atoms with Crippen LogP contribution in [0.5, 0.6) is 0 Å². The van der Waals surface area contributed by atoms with E-state index in [0.717, 1.165) is 0 Å². The minimum absolute atomic E-state index is 0.0532. The molecule has 0 heterocycles. The van der Waals surface area contributed by atoms with Crippen LogP contribution < -0.4 is 0 Å². The summed E-state index contributed by atoms with van der Waals surface area (Å²) in [5.74, 6) is 0.0532. The molecule has 1 N–H and O–H groups in total. The van der Waals surface area contributed by atoms with Gasteiger partial charge in [0.05, 0.1) is 5.60 Å². The van der Waals surface area contributed by atoms with Crippen LogP contribution in [0.1, 0.15) is 6.92 Å². The summed E-state index contributed by atoms with van der Waals surface area (Å²) in [4.78, 5) is 0. The molecule has 2 atom stereocenters. The Kier molecular flexibility index (Phi) is 1.77. The first-order valence-electron chi connectivity index (χ1n) is 3.38. The van der Waals surface area contributed by atoms with Crippen molar-refractivity contribution in [3.63, 3.8) is 0 Å². The summed E-state index contributed by atoms with van der Waals surface area (Å²) < 4.78 is 0. The van der Waals surface area contributed by atoms with E-state index in [1.807, 2.05) is 18.2 Å². The van der Waals surface area contributed by atoms with E-state index in [1.54, 1.807) is 19.1 Å². The molecule has 2 unspecified atom stereocenters. The van der Waals surface area contributed by atoms with Gasteiger partial charge in [0.25, 0.3) is 0 Å². The van der Waals surface area contributed by atoms with Crippen LogP contribution in [0.3, 0.4) is 0 Å². The summed E-state index contributed by atoms with van der Waals surface area (Å²) in [6.07, 6.45) is 9.23. The van der Waals surface area contributed by atoms with E-state index in [0.29, 0.717) is 0 Å². The second kappa shape index (κ2) is 2.43. The van der Waals surface area contributed by atoms with Crippen LogP contribution in [0.15, 0.2) is 37.0 Å². The summed E-state index contributed by atoms with van der Waals surface area (Å²) in [6.45, 7) is 5.41. The lowest BCUT2D eigenvalue weighted by molar-refractivity contribution is 0.0839. The maximum Gasteiger partial charge on any atom is 0.0899 e. The molecule has 1 nitrogen and oxygen atoms in total. The van der Waals surface area contributed by atoms with Gasteiger partial charge in [-0.15, -0.1) is 6.58 Å². The lowest BCUT2D eigenvalue weighted by atomic mass is 9.86. The number of hydrogen-bond donors (Lipinski definition) is 1. The molecule has 0 radical (unpaired) electrons. The zero-order valence-electron chi connectivity index (χ0n) is 6.12. The fourth-order valence-electron chi connectivity index (χ4n) is 1.06. The van der Waals surface area contributed by atoms with Crippen molar-refractivity contribution in [1.82, 2.24) is 0 Å². The van der Waals surface area contributed by atoms with Gasteiger partial charge in [0.15, 0.2) is 0 Å². The third-order valence-electron chi connectivity index (χ3n) is 1.79. The van der Waals surface area contributed by atoms with Gasteiger partial charge in [0, 0.05) is 5.92 Å². The molecule has 0 aromatic heterocycles. The normalized spacial score (nSPS) is 38.0. The average Bonchev–Trinajstić information content (AvgIpc) is 1.87. The van der Waals surface area contributed by atoms with E-state index in [1.165, 1.54) is 0 Å². The molecule has 54 valence electrons. The van der Waals surface area contributed by atoms with Crippen molar-refractivity contribution >= 4 is 0 Å². The SMILES string of the molecule is C=CC1C=CC=CC1(C)O. The first-order valence-corrected chi connectivity index (χ1v) is 3.38. The second-order valence-electron chi connectivity index (χ2n) is 2.73. The molecular weight excluding hydrogens is 124 g/mol. The highest BCUT2D eigenvalue weighted by atomic mass is 16.3. The van der Waals surface area contributed by atoms with Gasteiger partial charge in [-0.25, -0.2) is 0 Å². The monoisotopic (exact) mass is 136 g/mol. The summed E-state index contributed by atoms with van der Waals surface area (Å²) in [7, 11) is 0. The molecule has 0 amide bonds. The van der Waals surface area contributed by atoms with Crippen LogP contribution in [-0.2, 0) is 0 Å². The average molecular weight is 136 g/mol. The van der Waals surface area contributed by atoms with Crippen LogP contribution in [-0.4, -0.2) is 10.7 Å². The van der Waals surface area contributed by atoms with E-state index in [4.69, 9.17) is 0 Å². The molecule has 0 aliphatic heterocycles. The molecule has 1 aliphatic carbocycles. The Balaban J connectivity index is 2.84. The Morgan fingerprint density at radius 2 is 2.30 bits per heavy atom. The third-order valence-corrected chi connectivity index (χ3v) is 1.79. The Bertz CT molecular complexity index is 187. The van der Waals surface area contributed by atoms with Gasteiger partial charge in [-0.05, 0) is 6.92 Å². The lowest BCUT2D eigenvalue weighted by Crippen LogP contribution is -2.30. The number of rotatable bonds is 1. The quantitative estimate of drug-likeness (QED) is 0.543. The molecule has 0 aromatic rings. The van der Waals surface area contributed by atoms with Crippen molar-refractivity contribution < 1.29 is 5.11 Å². The van der Waals surface area contributed by atoms with Gasteiger partial charge in [-0.1, -0.05) is 30.4 Å². The van der Waals surface area contributed by atoms with E-state index in [9.17, 15) is 5.11 Å². The molecule has 1 aliphatic rings. The zero-order valence-corrected chi connectivity index (χ0v) is 6.12. The number of hydrogen-bond acceptors (Lipinski definition) is 1. The van der Waals surface area contributed by atoms with E-state index < -0.39 is 5.60 Å². The molecule has 10 heavy (non-hydrogen) atoms. The van der Waals surface area contributed by atoms with Crippen molar-refractivity contribution in [3.05, 3.63) is 37.0 Å². The van der Waals surface area contributed by atoms with Crippen molar-refractivity contribution in [2.45, 2.75) is 12.5 Å². The van der Waals surface area contributed by atoms with Gasteiger partial charge in [-0.2, -0.15) is 0 Å². The number of aliphatic hydroxyl groups is 1. The Hall–Kier alpha value is -0.820. The topological polar surface area (TPSA) is 20.2 Å². The summed E-state index contributed by atoms with van der Waals surface area (Å²) in [6, 6.07) is 0. The van der Waals surface area contributed by atoms with Crippen LogP contribution in [0.25, 0.3) is 0 Å². The molecule has 0 bridgehead atoms. The number of allylic oxidation sites excluding steroid dienone is 2. The van der Waals surface area contributed by atoms with Crippen LogP contribution in [0.2, 0.25) is 0 Å². The summed E-state index contributed by atoms with van der Waals surface area (Å²) >= 11 is 0. The molecule has 0 spiro atoms. The summed E-state index contributed by atoms with van der Waals surface area (Å²) in [5.41, 5.74) is -0.740. The highest BCUT2D eigenvalue weighted by Crippen LogP contribution is 2.24. The minimum atomic E-state index is -0.740. The van der Waals surface area contributed by atoms with Gasteiger partial charge in [0.1, 0.15) is 0 Å². The van der Waals surface area contributed by atoms with Gasteiger partial charge < -0.3 is 5.11 Å². The molecule has 0 aromatic carbocycles. The molecule has 1 rings (SSSR count). The van der Waals surface area contributed by atoms with Crippen molar-refractivity contribution in [2.75, 3.05) is 0 Å². The van der Waals surface area contributed by atoms with E-state index in [2.05, 4.69) is 6.58 Å². The van der Waals surface area contributed by atoms with Crippen LogP contribution >= 0.6 is 0 Å². The predicted octanol–water partition coefficient (Wildman–Crippen LogP) is 1.67. The van der Waals surface area contributed by atoms with Crippen molar-refractivity contribution in [3.8, 4) is 0 Å². The fraction of sp³-hybridized carbons (Fsp3) is 0.333. The minimum Gasteiger partial charge on any atom is -0.385 e. The summed E-state index contributed by atoms with van der Waals surface area (Å²) in [5, 5.41) is 9.62. The van der Waals surface area contributed by atoms with E-state index in [-0.39, 0.29) is 5.92 Å². The Labute approximate surface area is 61.4 Å². The molecule has 0 saturated heterocycles. The van der Waals surface area contributed by atoms with Gasteiger partial charge in [-0.3, -0.25) is 0 Å². The van der Waals surface area contributed by atoms with Crippen LogP contribution in [0.4, 0.5) is 0 Å². The molecular formula is C9H12O. The molecule has 1 heteroatoms. The first-order chi connectivity index (χ1) is 4.67. The zero-order chi connectivity index (χ0) is 7.61. The lowest BCUT2D eigenvalue weighted by Gasteiger charge is -2.26. The second-order valence-corrected chi connectivity index (χ2v) is 2.73. The van der Waals surface area contributed by atoms with Crippen molar-refractivity contribution in [2.24, 2.45) is 5.92 Å². The predicted molar refractivity (Wildman–Crippen MR) is 42.6 cm³/mol. The maximum atomic E-state index is 9.62. The maximum absolute atomic E-state index is 9.62. The Morgan fingerprint density at radius 3 is 2.70 bits per heavy atom. The highest BCUT2D eigenvalue weighted by molar-refractivity contribution is 5.23. The van der Waals surface area contributed by atoms with E-state index >= 15 is 0 Å². The van der Waals surface area contributed by atoms with Crippen molar-refractivity contribution in [1.29, 1.82) is 0 Å². The fourth-order valence-corrected chi connectivity index (χ4v) is 1.06. The molecule has 0 fully saturated rings. The standard InChI is InChI=1S/C9H12O/c1-3-8-6-4-5-7-9(8,2)10/h3-8,10H,1H2,2H3. The van der Waals surface area contributed by atoms with Gasteiger partial charge in [0.2, 0.25) is 0 Å². The smallest absolute Gasteiger partial charge is 0.0899 e. The Morgan fingerprint density at radius 1 is 1.60 bits per heavy atom. The first kappa shape index (κ1) is 7.29. The van der Waals surface area contributed by atoms with Gasteiger partial charge >= 0.3 is 0 Å². The largest absolute Gasteiger partial charge is 0.385 e. The highest BCUT2D eigenvalue weighted by Gasteiger charge is 2.25.